The Labute approximate surface area is 238 Å². The van der Waals surface area contributed by atoms with Crippen LogP contribution in [-0.4, -0.2) is 41.8 Å². The quantitative estimate of drug-likeness (QED) is 0.295. The van der Waals surface area contributed by atoms with Gasteiger partial charge in [-0.1, -0.05) is 11.6 Å². The van der Waals surface area contributed by atoms with E-state index in [1.165, 1.54) is 42.4 Å². The molecule has 1 aromatic heterocycles. The zero-order chi connectivity index (χ0) is 28.7. The number of aliphatic hydroxyl groups is 1. The van der Waals surface area contributed by atoms with Gasteiger partial charge in [-0.15, -0.1) is 11.8 Å². The predicted molar refractivity (Wildman–Crippen MR) is 145 cm³/mol. The normalized spacial score (nSPS) is 24.2. The van der Waals surface area contributed by atoms with Gasteiger partial charge in [0.25, 0.3) is 5.91 Å². The molecule has 2 saturated carbocycles. The van der Waals surface area contributed by atoms with Crippen molar-refractivity contribution >= 4 is 45.0 Å². The van der Waals surface area contributed by atoms with Gasteiger partial charge in [-0.2, -0.15) is 0 Å². The summed E-state index contributed by atoms with van der Waals surface area (Å²) >= 11 is 7.88. The van der Waals surface area contributed by atoms with Crippen molar-refractivity contribution in [1.29, 1.82) is 0 Å². The van der Waals surface area contributed by atoms with Crippen molar-refractivity contribution in [2.45, 2.75) is 46.3 Å². The van der Waals surface area contributed by atoms with Gasteiger partial charge in [0, 0.05) is 52.5 Å². The average Bonchev–Trinajstić information content (AvgIpc) is 3.08. The Hall–Kier alpha value is -2.64. The molecule has 5 rings (SSSR count). The van der Waals surface area contributed by atoms with E-state index < -0.39 is 39.0 Å². The molecular weight excluding hydrogens is 587 g/mol. The van der Waals surface area contributed by atoms with Crippen molar-refractivity contribution in [3.63, 3.8) is 0 Å². The summed E-state index contributed by atoms with van der Waals surface area (Å²) in [4.78, 5) is 17.2. The van der Waals surface area contributed by atoms with Crippen LogP contribution in [0.3, 0.4) is 0 Å². The number of carbonyl (C=O) groups is 1. The number of nitrogens with one attached hydrogen (secondary N) is 2. The maximum atomic E-state index is 13.5. The van der Waals surface area contributed by atoms with E-state index in [0.717, 1.165) is 12.8 Å². The molecule has 2 bridgehead atoms. The molecule has 1 heterocycles. The zero-order valence-electron chi connectivity index (χ0n) is 20.9. The number of sulfonamides is 1. The summed E-state index contributed by atoms with van der Waals surface area (Å²) in [6, 6.07) is 8.94. The molecule has 4 atom stereocenters. The Kier molecular flexibility index (Phi) is 8.17. The number of benzene rings is 2. The topological polar surface area (TPSA) is 108 Å². The molecule has 3 N–H and O–H groups in total. The van der Waals surface area contributed by atoms with Crippen molar-refractivity contribution in [1.82, 2.24) is 9.71 Å². The number of nitrogens with zero attached hydrogens (tertiary/aromatic N) is 1. The number of anilines is 1. The fraction of sp³-hybridized carbons (Fsp3) is 0.333. The Morgan fingerprint density at radius 1 is 1.10 bits per heavy atom. The van der Waals surface area contributed by atoms with E-state index in [9.17, 15) is 31.5 Å². The summed E-state index contributed by atoms with van der Waals surface area (Å²) in [5, 5.41) is 14.4. The molecule has 0 radical (unpaired) electrons. The van der Waals surface area contributed by atoms with Gasteiger partial charge in [0.2, 0.25) is 10.0 Å². The number of carbonyl (C=O) groups excluding carboxylic acids is 1. The van der Waals surface area contributed by atoms with E-state index in [4.69, 9.17) is 11.6 Å². The van der Waals surface area contributed by atoms with Gasteiger partial charge in [-0.3, -0.25) is 9.78 Å². The summed E-state index contributed by atoms with van der Waals surface area (Å²) in [5.41, 5.74) is -1.22. The van der Waals surface area contributed by atoms with Crippen LogP contribution >= 0.6 is 23.4 Å². The summed E-state index contributed by atoms with van der Waals surface area (Å²) in [6.07, 6.45) is 5.48. The van der Waals surface area contributed by atoms with Gasteiger partial charge in [0.1, 0.15) is 4.90 Å². The maximum absolute atomic E-state index is 13.5. The maximum Gasteiger partial charge on any atom is 0.255 e. The molecule has 2 fully saturated rings. The molecule has 2 aliphatic rings. The molecule has 1 amide bonds. The highest BCUT2D eigenvalue weighted by molar-refractivity contribution is 8.00. The molecule has 13 heteroatoms. The SMILES string of the molecule is O=C(Nc1cc(F)c(F)c(F)c1)c1ccc(Cl)c(S[C@@H]2CC3CC[C@@H](C2)[C@@]3(O)CNS(=O)(=O)c2cccnc2)c1. The van der Waals surface area contributed by atoms with Gasteiger partial charge in [-0.25, -0.2) is 26.3 Å². The van der Waals surface area contributed by atoms with Crippen LogP contribution in [0.15, 0.2) is 64.6 Å². The van der Waals surface area contributed by atoms with E-state index in [1.54, 1.807) is 12.1 Å². The number of rotatable bonds is 8. The first kappa shape index (κ1) is 28.9. The first-order valence-corrected chi connectivity index (χ1v) is 15.2. The lowest BCUT2D eigenvalue weighted by Crippen LogP contribution is -2.53. The number of hydrogen-bond acceptors (Lipinski definition) is 6. The summed E-state index contributed by atoms with van der Waals surface area (Å²) < 4.78 is 68.2. The molecule has 3 aromatic rings. The van der Waals surface area contributed by atoms with Crippen LogP contribution in [0.2, 0.25) is 5.02 Å². The molecular formula is C27H25ClF3N3O4S2. The third-order valence-electron chi connectivity index (χ3n) is 7.59. The Bertz CT molecular complexity index is 1510. The number of fused-ring (bicyclic) bond motifs is 2. The highest BCUT2D eigenvalue weighted by Crippen LogP contribution is 2.53. The van der Waals surface area contributed by atoms with E-state index >= 15 is 0 Å². The number of thioether (sulfide) groups is 1. The molecule has 212 valence electrons. The first-order chi connectivity index (χ1) is 19.0. The number of pyridine rings is 1. The van der Waals surface area contributed by atoms with Gasteiger partial charge in [0.05, 0.1) is 10.6 Å². The van der Waals surface area contributed by atoms with Crippen molar-refractivity contribution < 1.29 is 31.5 Å². The van der Waals surface area contributed by atoms with Crippen molar-refractivity contribution in [3.05, 3.63) is 82.9 Å². The smallest absolute Gasteiger partial charge is 0.255 e. The minimum absolute atomic E-state index is 0.0310. The third-order valence-corrected chi connectivity index (χ3v) is 10.7. The first-order valence-electron chi connectivity index (χ1n) is 12.5. The van der Waals surface area contributed by atoms with Gasteiger partial charge in [-0.05, 0) is 67.9 Å². The van der Waals surface area contributed by atoms with Crippen molar-refractivity contribution in [2.24, 2.45) is 11.8 Å². The minimum Gasteiger partial charge on any atom is -0.388 e. The van der Waals surface area contributed by atoms with Crippen LogP contribution in [0, 0.1) is 29.3 Å². The van der Waals surface area contributed by atoms with Crippen LogP contribution in [0.5, 0.6) is 0 Å². The molecule has 1 unspecified atom stereocenters. The highest BCUT2D eigenvalue weighted by Gasteiger charge is 2.53. The molecule has 0 aliphatic heterocycles. The largest absolute Gasteiger partial charge is 0.388 e. The van der Waals surface area contributed by atoms with Gasteiger partial charge in [0.15, 0.2) is 17.5 Å². The third kappa shape index (κ3) is 5.87. The van der Waals surface area contributed by atoms with Gasteiger partial charge < -0.3 is 10.4 Å². The van der Waals surface area contributed by atoms with E-state index in [0.29, 0.717) is 34.9 Å². The van der Waals surface area contributed by atoms with E-state index in [1.807, 2.05) is 0 Å². The molecule has 0 spiro atoms. The molecule has 40 heavy (non-hydrogen) atoms. The standard InChI is InChI=1S/C27H25ClF3N3O4S2/c28-21-6-3-15(26(35)34-18-11-22(29)25(31)23(30)12-18)8-24(21)39-19-9-16-4-5-17(10-19)27(16,36)14-33-40(37,38)20-2-1-7-32-13-20/h1-3,6-8,11-13,16-17,19,33,36H,4-5,9-10,14H2,(H,34,35)/t16-,17?,19-,27-/m0/s1. The second-order valence-corrected chi connectivity index (χ2v) is 13.6. The lowest BCUT2D eigenvalue weighted by atomic mass is 9.74. The number of halogens is 4. The second kappa shape index (κ2) is 11.3. The molecule has 7 nitrogen and oxygen atoms in total. The molecule has 0 saturated heterocycles. The Morgan fingerprint density at radius 2 is 1.77 bits per heavy atom. The van der Waals surface area contributed by atoms with Crippen molar-refractivity contribution in [2.75, 3.05) is 11.9 Å². The van der Waals surface area contributed by atoms with Crippen molar-refractivity contribution in [3.8, 4) is 0 Å². The summed E-state index contributed by atoms with van der Waals surface area (Å²) in [5.74, 6) is -5.37. The van der Waals surface area contributed by atoms with Crippen LogP contribution in [0.4, 0.5) is 18.9 Å². The second-order valence-electron chi connectivity index (χ2n) is 10.0. The molecule has 2 aromatic carbocycles. The lowest BCUT2D eigenvalue weighted by Gasteiger charge is -2.42. The van der Waals surface area contributed by atoms with E-state index in [2.05, 4.69) is 15.0 Å². The van der Waals surface area contributed by atoms with E-state index in [-0.39, 0.29) is 39.8 Å². The summed E-state index contributed by atoms with van der Waals surface area (Å²) in [7, 11) is -3.82. The van der Waals surface area contributed by atoms with Gasteiger partial charge >= 0.3 is 0 Å². The number of hydrogen-bond donors (Lipinski definition) is 3. The average molecular weight is 612 g/mol. The number of aromatic nitrogens is 1. The lowest BCUT2D eigenvalue weighted by molar-refractivity contribution is -0.0520. The zero-order valence-corrected chi connectivity index (χ0v) is 23.3. The van der Waals surface area contributed by atoms with Crippen LogP contribution < -0.4 is 10.0 Å². The predicted octanol–water partition coefficient (Wildman–Crippen LogP) is 5.39. The van der Waals surface area contributed by atoms with Crippen LogP contribution in [0.1, 0.15) is 36.0 Å². The fourth-order valence-corrected chi connectivity index (χ4v) is 8.23. The minimum atomic E-state index is -3.82. The number of amides is 1. The fourth-order valence-electron chi connectivity index (χ4n) is 5.54. The molecule has 2 aliphatic carbocycles. The van der Waals surface area contributed by atoms with Crippen LogP contribution in [0.25, 0.3) is 0 Å². The Balaban J connectivity index is 1.25. The Morgan fingerprint density at radius 3 is 2.40 bits per heavy atom. The summed E-state index contributed by atoms with van der Waals surface area (Å²) in [6.45, 7) is -0.0993. The highest BCUT2D eigenvalue weighted by atomic mass is 35.5. The monoisotopic (exact) mass is 611 g/mol. The van der Waals surface area contributed by atoms with Crippen LogP contribution in [-0.2, 0) is 10.0 Å².